The lowest BCUT2D eigenvalue weighted by atomic mass is 9.67. The van der Waals surface area contributed by atoms with Gasteiger partial charge in [-0.2, -0.15) is 0 Å². The molecule has 272 valence electrons. The Balaban J connectivity index is 0.976. The molecule has 58 heavy (non-hydrogen) atoms. The van der Waals surface area contributed by atoms with E-state index < -0.39 is 5.41 Å². The first-order chi connectivity index (χ1) is 28.8. The first-order valence-electron chi connectivity index (χ1n) is 19.8. The van der Waals surface area contributed by atoms with Crippen molar-refractivity contribution in [1.29, 1.82) is 0 Å². The summed E-state index contributed by atoms with van der Waals surface area (Å²) in [6.07, 6.45) is 0. The van der Waals surface area contributed by atoms with Crippen LogP contribution in [0, 0.1) is 0 Å². The highest BCUT2D eigenvalue weighted by Crippen LogP contribution is 2.56. The van der Waals surface area contributed by atoms with E-state index in [1.54, 1.807) is 0 Å². The van der Waals surface area contributed by atoms with Crippen molar-refractivity contribution in [3.05, 3.63) is 235 Å². The monoisotopic (exact) mass is 757 g/mol. The molecule has 9 aromatic carbocycles. The van der Waals surface area contributed by atoms with Crippen molar-refractivity contribution in [1.82, 2.24) is 0 Å². The highest BCUT2D eigenvalue weighted by molar-refractivity contribution is 7.25. The Morgan fingerprint density at radius 1 is 0.397 bits per heavy atom. The molecule has 12 rings (SSSR count). The van der Waals surface area contributed by atoms with Gasteiger partial charge in [0.2, 0.25) is 0 Å². The number of hydrogen-bond acceptors (Lipinski definition) is 3. The van der Waals surface area contributed by atoms with Crippen LogP contribution in [0.25, 0.3) is 64.4 Å². The smallest absolute Gasteiger partial charge is 0.159 e. The van der Waals surface area contributed by atoms with E-state index in [-0.39, 0.29) is 0 Å². The molecule has 1 aliphatic rings. The van der Waals surface area contributed by atoms with Crippen LogP contribution >= 0.6 is 11.3 Å². The van der Waals surface area contributed by atoms with Crippen molar-refractivity contribution < 1.29 is 4.42 Å². The number of hydrogen-bond donors (Lipinski definition) is 0. The summed E-state index contributed by atoms with van der Waals surface area (Å²) >= 11 is 1.84. The lowest BCUT2D eigenvalue weighted by molar-refractivity contribution is 0.669. The molecular weight excluding hydrogens is 723 g/mol. The average molecular weight is 758 g/mol. The van der Waals surface area contributed by atoms with Crippen LogP contribution in [0.2, 0.25) is 0 Å². The Hall–Kier alpha value is -7.20. The van der Waals surface area contributed by atoms with Gasteiger partial charge in [0.05, 0.1) is 11.1 Å². The molecule has 11 aromatic rings. The number of para-hydroxylation sites is 2. The second kappa shape index (κ2) is 12.9. The molecule has 0 saturated heterocycles. The van der Waals surface area contributed by atoms with Crippen molar-refractivity contribution >= 4 is 70.5 Å². The number of anilines is 3. The third kappa shape index (κ3) is 4.84. The SMILES string of the molecule is c1ccc(C2(c3ccc(-c4ccc(N(c5ccc6c(c5)sc5ccccc56)c5cccc6c5oc5ccccc56)cc4)cc3)c3ccccc3-c3ccccc32)cc1. The largest absolute Gasteiger partial charge is 0.454 e. The van der Waals surface area contributed by atoms with Crippen LogP contribution in [0.3, 0.4) is 0 Å². The van der Waals surface area contributed by atoms with E-state index in [2.05, 4.69) is 211 Å². The number of rotatable bonds is 6. The molecule has 2 heterocycles. The van der Waals surface area contributed by atoms with Crippen LogP contribution in [0.15, 0.2) is 217 Å². The zero-order valence-electron chi connectivity index (χ0n) is 31.5. The van der Waals surface area contributed by atoms with Gasteiger partial charge in [0.1, 0.15) is 5.58 Å². The molecule has 0 spiro atoms. The maximum Gasteiger partial charge on any atom is 0.159 e. The van der Waals surface area contributed by atoms with Crippen LogP contribution in [0.5, 0.6) is 0 Å². The third-order valence-electron chi connectivity index (χ3n) is 12.2. The maximum absolute atomic E-state index is 6.63. The van der Waals surface area contributed by atoms with Crippen LogP contribution in [-0.2, 0) is 5.41 Å². The van der Waals surface area contributed by atoms with Crippen LogP contribution in [0.4, 0.5) is 17.1 Å². The fourth-order valence-corrected chi connectivity index (χ4v) is 10.8. The van der Waals surface area contributed by atoms with E-state index in [0.29, 0.717) is 0 Å². The second-order valence-corrected chi connectivity index (χ2v) is 16.3. The molecule has 2 nitrogen and oxygen atoms in total. The fourth-order valence-electron chi connectivity index (χ4n) is 9.62. The van der Waals surface area contributed by atoms with E-state index in [1.165, 1.54) is 59.1 Å². The fraction of sp³-hybridized carbons (Fsp3) is 0.0182. The maximum atomic E-state index is 6.63. The topological polar surface area (TPSA) is 16.4 Å². The predicted molar refractivity (Wildman–Crippen MR) is 244 cm³/mol. The van der Waals surface area contributed by atoms with Gasteiger partial charge in [0.25, 0.3) is 0 Å². The van der Waals surface area contributed by atoms with Crippen molar-refractivity contribution in [3.63, 3.8) is 0 Å². The molecule has 0 saturated carbocycles. The Labute approximate surface area is 340 Å². The number of benzene rings is 9. The van der Waals surface area contributed by atoms with Gasteiger partial charge < -0.3 is 9.32 Å². The number of thiophene rings is 1. The van der Waals surface area contributed by atoms with E-state index in [9.17, 15) is 0 Å². The predicted octanol–water partition coefficient (Wildman–Crippen LogP) is 15.5. The minimum Gasteiger partial charge on any atom is -0.454 e. The standard InChI is InChI=1S/C55H35NOS/c1-2-13-38(14-3-1)55(48-20-8-4-15-42(48)43-16-5-9-21-49(43)55)39-29-25-36(26-30-39)37-27-31-40(32-28-37)56(41-33-34-46-45-18-7-11-24-52(45)58-53(46)35-41)50-22-12-19-47-44-17-6-10-23-51(44)57-54(47)50/h1-35H. The molecule has 0 radical (unpaired) electrons. The number of furan rings is 1. The average Bonchev–Trinajstić information content (AvgIpc) is 3.96. The molecule has 0 bridgehead atoms. The minimum absolute atomic E-state index is 0.412. The molecule has 0 unspecified atom stereocenters. The van der Waals surface area contributed by atoms with Gasteiger partial charge in [-0.05, 0) is 87.0 Å². The molecular formula is C55H35NOS. The molecule has 0 aliphatic heterocycles. The lowest BCUT2D eigenvalue weighted by Gasteiger charge is -2.34. The van der Waals surface area contributed by atoms with Gasteiger partial charge in [-0.25, -0.2) is 0 Å². The van der Waals surface area contributed by atoms with Gasteiger partial charge in [-0.15, -0.1) is 11.3 Å². The summed E-state index contributed by atoms with van der Waals surface area (Å²) in [7, 11) is 0. The summed E-state index contributed by atoms with van der Waals surface area (Å²) in [5.41, 5.74) is 14.7. The number of fused-ring (bicyclic) bond motifs is 9. The van der Waals surface area contributed by atoms with Crippen molar-refractivity contribution in [2.75, 3.05) is 4.90 Å². The van der Waals surface area contributed by atoms with E-state index in [1.807, 2.05) is 17.4 Å². The molecule has 1 aliphatic carbocycles. The van der Waals surface area contributed by atoms with Crippen LogP contribution in [-0.4, -0.2) is 0 Å². The summed E-state index contributed by atoms with van der Waals surface area (Å²) in [5, 5.41) is 4.81. The second-order valence-electron chi connectivity index (χ2n) is 15.2. The van der Waals surface area contributed by atoms with Gasteiger partial charge in [0, 0.05) is 42.3 Å². The molecule has 0 amide bonds. The van der Waals surface area contributed by atoms with Gasteiger partial charge in [0.15, 0.2) is 5.58 Å². The van der Waals surface area contributed by atoms with Gasteiger partial charge >= 0.3 is 0 Å². The van der Waals surface area contributed by atoms with E-state index in [4.69, 9.17) is 4.42 Å². The minimum atomic E-state index is -0.412. The zero-order valence-corrected chi connectivity index (χ0v) is 32.3. The van der Waals surface area contributed by atoms with Crippen molar-refractivity contribution in [2.24, 2.45) is 0 Å². The molecule has 2 aromatic heterocycles. The summed E-state index contributed by atoms with van der Waals surface area (Å²) in [6, 6.07) is 77.4. The zero-order chi connectivity index (χ0) is 38.2. The Morgan fingerprint density at radius 3 is 1.72 bits per heavy atom. The van der Waals surface area contributed by atoms with Crippen LogP contribution < -0.4 is 4.90 Å². The first kappa shape index (κ1) is 33.0. The van der Waals surface area contributed by atoms with Crippen molar-refractivity contribution in [2.45, 2.75) is 5.41 Å². The summed E-state index contributed by atoms with van der Waals surface area (Å²) in [4.78, 5) is 2.35. The van der Waals surface area contributed by atoms with E-state index >= 15 is 0 Å². The van der Waals surface area contributed by atoms with E-state index in [0.717, 1.165) is 44.6 Å². The molecule has 0 fully saturated rings. The van der Waals surface area contributed by atoms with Crippen molar-refractivity contribution in [3.8, 4) is 22.3 Å². The first-order valence-corrected chi connectivity index (χ1v) is 20.6. The Kier molecular flexibility index (Phi) is 7.35. The lowest BCUT2D eigenvalue weighted by Crippen LogP contribution is -2.28. The normalized spacial score (nSPS) is 13.0. The Morgan fingerprint density at radius 2 is 0.966 bits per heavy atom. The summed E-state index contributed by atoms with van der Waals surface area (Å²) in [6.45, 7) is 0. The third-order valence-corrected chi connectivity index (χ3v) is 13.3. The molecule has 3 heteroatoms. The number of nitrogens with zero attached hydrogens (tertiary/aromatic N) is 1. The summed E-state index contributed by atoms with van der Waals surface area (Å²) < 4.78 is 9.19. The highest BCUT2D eigenvalue weighted by Gasteiger charge is 2.45. The van der Waals surface area contributed by atoms with Gasteiger partial charge in [-0.3, -0.25) is 0 Å². The van der Waals surface area contributed by atoms with Gasteiger partial charge in [-0.1, -0.05) is 170 Å². The summed E-state index contributed by atoms with van der Waals surface area (Å²) in [5.74, 6) is 0. The van der Waals surface area contributed by atoms with Crippen LogP contribution in [0.1, 0.15) is 22.3 Å². The molecule has 0 atom stereocenters. The quantitative estimate of drug-likeness (QED) is 0.168. The molecule has 0 N–H and O–H groups in total. The highest BCUT2D eigenvalue weighted by atomic mass is 32.1. The Bertz CT molecular complexity index is 3290.